The lowest BCUT2D eigenvalue weighted by molar-refractivity contribution is -0.145. The summed E-state index contributed by atoms with van der Waals surface area (Å²) < 4.78 is 23.3. The fourth-order valence-corrected chi connectivity index (χ4v) is 5.72. The molecule has 2 heterocycles. The monoisotopic (exact) mass is 598 g/mol. The Bertz CT molecular complexity index is 1840. The van der Waals surface area contributed by atoms with Crippen molar-refractivity contribution in [2.75, 3.05) is 26.9 Å². The van der Waals surface area contributed by atoms with Crippen molar-refractivity contribution >= 4 is 35.0 Å². The first-order valence-corrected chi connectivity index (χ1v) is 14.6. The highest BCUT2D eigenvalue weighted by atomic mass is 32.1. The Morgan fingerprint density at radius 2 is 1.67 bits per heavy atom. The third-order valence-electron chi connectivity index (χ3n) is 6.62. The lowest BCUT2D eigenvalue weighted by Gasteiger charge is -2.26. The van der Waals surface area contributed by atoms with Crippen molar-refractivity contribution in [3.05, 3.63) is 121 Å². The molecule has 1 aliphatic rings. The number of benzene rings is 3. The summed E-state index contributed by atoms with van der Waals surface area (Å²) >= 11 is 1.23. The van der Waals surface area contributed by atoms with Gasteiger partial charge in [-0.3, -0.25) is 9.36 Å². The Morgan fingerprint density at radius 3 is 2.37 bits per heavy atom. The third kappa shape index (κ3) is 6.44. The normalized spacial score (nSPS) is 14.5. The number of thiazole rings is 1. The number of hydrogen-bond donors (Lipinski definition) is 0. The number of hydrogen-bond acceptors (Lipinski definition) is 9. The molecule has 0 spiro atoms. The van der Waals surface area contributed by atoms with Gasteiger partial charge in [-0.2, -0.15) is 0 Å². The number of fused-ring (bicyclic) bond motifs is 1. The second-order valence-electron chi connectivity index (χ2n) is 9.37. The molecule has 10 heteroatoms. The first kappa shape index (κ1) is 29.5. The second-order valence-corrected chi connectivity index (χ2v) is 10.4. The van der Waals surface area contributed by atoms with E-state index in [1.807, 2.05) is 48.5 Å². The number of nitrogens with zero attached hydrogens (tertiary/aromatic N) is 2. The van der Waals surface area contributed by atoms with Gasteiger partial charge < -0.3 is 18.9 Å². The lowest BCUT2D eigenvalue weighted by Crippen LogP contribution is -2.40. The molecule has 0 N–H and O–H groups in total. The van der Waals surface area contributed by atoms with E-state index in [1.165, 1.54) is 11.3 Å². The minimum absolute atomic E-state index is 0.166. The summed E-state index contributed by atoms with van der Waals surface area (Å²) in [5.41, 5.74) is 2.58. The second kappa shape index (κ2) is 13.3. The van der Waals surface area contributed by atoms with Gasteiger partial charge in [0.2, 0.25) is 0 Å². The van der Waals surface area contributed by atoms with E-state index in [9.17, 15) is 14.4 Å². The Hall–Kier alpha value is -4.96. The van der Waals surface area contributed by atoms with E-state index in [1.54, 1.807) is 61.9 Å². The van der Waals surface area contributed by atoms with Gasteiger partial charge in [-0.15, -0.1) is 0 Å². The van der Waals surface area contributed by atoms with Crippen LogP contribution >= 0.6 is 11.3 Å². The van der Waals surface area contributed by atoms with Crippen molar-refractivity contribution in [1.29, 1.82) is 0 Å². The van der Waals surface area contributed by atoms with Crippen LogP contribution in [-0.4, -0.2) is 43.4 Å². The SMILES string of the molecule is CCOC(=O)COc1ccc(C=c2sc3n(c2=O)[C@H](c2cccc(OC)c2)C(C(=O)OCC)=C(c2ccccc2)N=3)cc1. The van der Waals surface area contributed by atoms with Crippen LogP contribution in [-0.2, 0) is 19.1 Å². The van der Waals surface area contributed by atoms with Gasteiger partial charge in [0.1, 0.15) is 11.5 Å². The zero-order valence-corrected chi connectivity index (χ0v) is 24.8. The van der Waals surface area contributed by atoms with Crippen molar-refractivity contribution in [2.45, 2.75) is 19.9 Å². The maximum absolute atomic E-state index is 14.0. The molecule has 0 fully saturated rings. The number of carbonyl (C=O) groups is 2. The summed E-state index contributed by atoms with van der Waals surface area (Å²) in [5.74, 6) is 0.0866. The highest BCUT2D eigenvalue weighted by Crippen LogP contribution is 2.36. The zero-order valence-electron chi connectivity index (χ0n) is 23.9. The van der Waals surface area contributed by atoms with E-state index in [-0.39, 0.29) is 31.0 Å². The average Bonchev–Trinajstić information content (AvgIpc) is 3.34. The first-order chi connectivity index (χ1) is 20.9. The van der Waals surface area contributed by atoms with Crippen LogP contribution in [0.4, 0.5) is 0 Å². The molecule has 9 nitrogen and oxygen atoms in total. The molecule has 43 heavy (non-hydrogen) atoms. The van der Waals surface area contributed by atoms with Gasteiger partial charge in [-0.25, -0.2) is 14.6 Å². The van der Waals surface area contributed by atoms with Crippen molar-refractivity contribution in [2.24, 2.45) is 4.99 Å². The van der Waals surface area contributed by atoms with Crippen molar-refractivity contribution < 1.29 is 28.5 Å². The maximum Gasteiger partial charge on any atom is 0.344 e. The number of rotatable bonds is 10. The van der Waals surface area contributed by atoms with Crippen molar-refractivity contribution in [3.63, 3.8) is 0 Å². The number of aromatic nitrogens is 1. The van der Waals surface area contributed by atoms with Gasteiger partial charge in [0.15, 0.2) is 11.4 Å². The highest BCUT2D eigenvalue weighted by molar-refractivity contribution is 7.07. The molecule has 0 saturated carbocycles. The van der Waals surface area contributed by atoms with Crippen LogP contribution in [0.3, 0.4) is 0 Å². The molecule has 0 radical (unpaired) electrons. The summed E-state index contributed by atoms with van der Waals surface area (Å²) in [5, 5.41) is 0. The molecule has 1 aromatic heterocycles. The molecule has 5 rings (SSSR count). The van der Waals surface area contributed by atoms with E-state index in [2.05, 4.69) is 0 Å². The maximum atomic E-state index is 14.0. The predicted octanol–water partition coefficient (Wildman–Crippen LogP) is 3.89. The highest BCUT2D eigenvalue weighted by Gasteiger charge is 2.35. The van der Waals surface area contributed by atoms with Gasteiger partial charge in [0.25, 0.3) is 5.56 Å². The largest absolute Gasteiger partial charge is 0.497 e. The average molecular weight is 599 g/mol. The third-order valence-corrected chi connectivity index (χ3v) is 7.61. The van der Waals surface area contributed by atoms with E-state index < -0.39 is 18.0 Å². The van der Waals surface area contributed by atoms with Gasteiger partial charge in [0, 0.05) is 5.56 Å². The Labute approximate surface area is 252 Å². The Morgan fingerprint density at radius 1 is 0.930 bits per heavy atom. The summed E-state index contributed by atoms with van der Waals surface area (Å²) in [4.78, 5) is 44.5. The van der Waals surface area contributed by atoms with Crippen LogP contribution in [0.25, 0.3) is 11.8 Å². The fourth-order valence-electron chi connectivity index (χ4n) is 4.72. The molecular formula is C33H30N2O7S. The fraction of sp³-hybridized carbons (Fsp3) is 0.212. The van der Waals surface area contributed by atoms with Crippen LogP contribution < -0.4 is 24.4 Å². The Kier molecular flexibility index (Phi) is 9.17. The van der Waals surface area contributed by atoms with Crippen LogP contribution in [0.2, 0.25) is 0 Å². The number of methoxy groups -OCH3 is 1. The van der Waals surface area contributed by atoms with Crippen LogP contribution in [0.1, 0.15) is 36.6 Å². The minimum atomic E-state index is -0.804. The standard InChI is InChI=1S/C33H30N2O7S/c1-4-40-27(36)20-42-24-16-14-21(15-17-24)18-26-31(37)35-30(23-12-9-13-25(19-23)39-3)28(32(38)41-5-2)29(34-33(35)43-26)22-10-7-6-8-11-22/h6-19,30H,4-5,20H2,1-3H3/t30-/m1/s1. The summed E-state index contributed by atoms with van der Waals surface area (Å²) in [6.45, 7) is 3.73. The molecular weight excluding hydrogens is 568 g/mol. The van der Waals surface area contributed by atoms with Gasteiger partial charge >= 0.3 is 11.9 Å². The van der Waals surface area contributed by atoms with Gasteiger partial charge in [-0.05, 0) is 55.3 Å². The topological polar surface area (TPSA) is 105 Å². The van der Waals surface area contributed by atoms with Crippen LogP contribution in [0, 0.1) is 0 Å². The van der Waals surface area contributed by atoms with Gasteiger partial charge in [-0.1, -0.05) is 65.9 Å². The van der Waals surface area contributed by atoms with Crippen LogP contribution in [0.5, 0.6) is 11.5 Å². The smallest absolute Gasteiger partial charge is 0.344 e. The number of ether oxygens (including phenoxy) is 4. The van der Waals surface area contributed by atoms with E-state index in [4.69, 9.17) is 23.9 Å². The molecule has 4 aromatic rings. The Balaban J connectivity index is 1.65. The molecule has 0 amide bonds. The van der Waals surface area contributed by atoms with E-state index in [0.717, 1.165) is 11.1 Å². The molecule has 0 unspecified atom stereocenters. The van der Waals surface area contributed by atoms with Crippen LogP contribution in [0.15, 0.2) is 94.2 Å². The minimum Gasteiger partial charge on any atom is -0.497 e. The lowest BCUT2D eigenvalue weighted by atomic mass is 9.93. The first-order valence-electron chi connectivity index (χ1n) is 13.7. The zero-order chi connectivity index (χ0) is 30.3. The summed E-state index contributed by atoms with van der Waals surface area (Å²) in [7, 11) is 1.56. The molecule has 3 aromatic carbocycles. The van der Waals surface area contributed by atoms with Crippen molar-refractivity contribution in [1.82, 2.24) is 4.57 Å². The van der Waals surface area contributed by atoms with E-state index >= 15 is 0 Å². The number of esters is 2. The summed E-state index contributed by atoms with van der Waals surface area (Å²) in [6.07, 6.45) is 1.76. The van der Waals surface area contributed by atoms with E-state index in [0.29, 0.717) is 32.1 Å². The van der Waals surface area contributed by atoms with Gasteiger partial charge in [0.05, 0.1) is 42.2 Å². The molecule has 0 bridgehead atoms. The molecule has 220 valence electrons. The number of carbonyl (C=O) groups excluding carboxylic acids is 2. The predicted molar refractivity (Wildman–Crippen MR) is 163 cm³/mol. The summed E-state index contributed by atoms with van der Waals surface area (Å²) in [6, 6.07) is 22.9. The quantitative estimate of drug-likeness (QED) is 0.255. The molecule has 1 atom stereocenters. The van der Waals surface area contributed by atoms with Crippen molar-refractivity contribution in [3.8, 4) is 11.5 Å². The molecule has 0 saturated heterocycles. The molecule has 1 aliphatic heterocycles. The molecule has 0 aliphatic carbocycles.